The van der Waals surface area contributed by atoms with Crippen LogP contribution in [0.2, 0.25) is 0 Å². The van der Waals surface area contributed by atoms with Crippen LogP contribution in [0.3, 0.4) is 0 Å². The van der Waals surface area contributed by atoms with Crippen LogP contribution in [-0.2, 0) is 0 Å². The first-order valence-corrected chi connectivity index (χ1v) is 6.55. The lowest BCUT2D eigenvalue weighted by Crippen LogP contribution is -1.97. The highest BCUT2D eigenvalue weighted by Crippen LogP contribution is 2.27. The van der Waals surface area contributed by atoms with E-state index < -0.39 is 0 Å². The summed E-state index contributed by atoms with van der Waals surface area (Å²) < 4.78 is 12.8. The molecule has 0 saturated carbocycles. The minimum atomic E-state index is 0.455. The van der Waals surface area contributed by atoms with Gasteiger partial charge in [-0.3, -0.25) is 5.10 Å². The van der Waals surface area contributed by atoms with Crippen molar-refractivity contribution in [2.75, 3.05) is 13.7 Å². The van der Waals surface area contributed by atoms with Crippen molar-refractivity contribution >= 4 is 18.4 Å². The predicted molar refractivity (Wildman–Crippen MR) is 79.3 cm³/mol. The van der Waals surface area contributed by atoms with E-state index >= 15 is 0 Å². The monoisotopic (exact) mass is 292 g/mol. The standard InChI is InChI=1S/C13H16N4O2S/c1-4-19-11-6-5-10(7-12(11)18-3)8-14-17-9(2)15-16-13(17)20/h5-8H,4H2,1-3H3,(H,16,20)/b14-8+. The van der Waals surface area contributed by atoms with Crippen molar-refractivity contribution in [3.63, 3.8) is 0 Å². The second kappa shape index (κ2) is 6.33. The van der Waals surface area contributed by atoms with Gasteiger partial charge in [-0.25, -0.2) is 0 Å². The first-order valence-electron chi connectivity index (χ1n) is 6.15. The molecule has 0 spiro atoms. The number of hydrogen-bond acceptors (Lipinski definition) is 5. The summed E-state index contributed by atoms with van der Waals surface area (Å²) in [5.74, 6) is 2.08. The molecule has 0 unspecified atom stereocenters. The molecule has 0 aliphatic rings. The summed E-state index contributed by atoms with van der Waals surface area (Å²) in [6, 6.07) is 5.61. The molecule has 1 aromatic heterocycles. The first-order chi connectivity index (χ1) is 9.65. The Morgan fingerprint density at radius 3 is 2.85 bits per heavy atom. The lowest BCUT2D eigenvalue weighted by Gasteiger charge is -2.09. The molecule has 0 radical (unpaired) electrons. The fourth-order valence-corrected chi connectivity index (χ4v) is 1.89. The molecular formula is C13H16N4O2S. The lowest BCUT2D eigenvalue weighted by atomic mass is 10.2. The maximum Gasteiger partial charge on any atom is 0.216 e. The zero-order valence-corrected chi connectivity index (χ0v) is 12.4. The minimum absolute atomic E-state index is 0.455. The summed E-state index contributed by atoms with van der Waals surface area (Å²) in [4.78, 5) is 0. The average molecular weight is 292 g/mol. The summed E-state index contributed by atoms with van der Waals surface area (Å²) >= 11 is 5.08. The van der Waals surface area contributed by atoms with Crippen molar-refractivity contribution < 1.29 is 9.47 Å². The molecule has 20 heavy (non-hydrogen) atoms. The fraction of sp³-hybridized carbons (Fsp3) is 0.308. The third-order valence-electron chi connectivity index (χ3n) is 2.62. The number of rotatable bonds is 5. The van der Waals surface area contributed by atoms with Crippen molar-refractivity contribution in [1.29, 1.82) is 0 Å². The number of methoxy groups -OCH3 is 1. The highest BCUT2D eigenvalue weighted by atomic mass is 32.1. The van der Waals surface area contributed by atoms with Gasteiger partial charge in [0.15, 0.2) is 11.5 Å². The maximum atomic E-state index is 5.47. The SMILES string of the molecule is CCOc1ccc(/C=N/n2c(C)n[nH]c2=S)cc1OC. The number of hydrogen-bond donors (Lipinski definition) is 1. The van der Waals surface area contributed by atoms with Gasteiger partial charge in [-0.15, -0.1) is 0 Å². The van der Waals surface area contributed by atoms with Crippen molar-refractivity contribution in [3.05, 3.63) is 34.4 Å². The summed E-state index contributed by atoms with van der Waals surface area (Å²) in [5.41, 5.74) is 0.882. The summed E-state index contributed by atoms with van der Waals surface area (Å²) in [6.07, 6.45) is 1.69. The van der Waals surface area contributed by atoms with Crippen LogP contribution in [0, 0.1) is 11.7 Å². The van der Waals surface area contributed by atoms with Crippen molar-refractivity contribution in [2.45, 2.75) is 13.8 Å². The van der Waals surface area contributed by atoms with Gasteiger partial charge in [0.1, 0.15) is 5.82 Å². The Balaban J connectivity index is 2.28. The molecule has 0 aliphatic heterocycles. The number of benzene rings is 1. The van der Waals surface area contributed by atoms with Gasteiger partial charge in [0, 0.05) is 0 Å². The highest BCUT2D eigenvalue weighted by Gasteiger charge is 2.04. The van der Waals surface area contributed by atoms with Gasteiger partial charge in [-0.1, -0.05) is 0 Å². The molecule has 106 valence electrons. The molecule has 7 heteroatoms. The lowest BCUT2D eigenvalue weighted by molar-refractivity contribution is 0.311. The molecule has 2 aromatic rings. The number of aryl methyl sites for hydroxylation is 1. The molecule has 1 aromatic carbocycles. The van der Waals surface area contributed by atoms with Crippen LogP contribution in [0.4, 0.5) is 0 Å². The maximum absolute atomic E-state index is 5.47. The molecule has 2 rings (SSSR count). The van der Waals surface area contributed by atoms with E-state index in [1.165, 1.54) is 0 Å². The minimum Gasteiger partial charge on any atom is -0.493 e. The van der Waals surface area contributed by atoms with E-state index in [1.807, 2.05) is 32.0 Å². The van der Waals surface area contributed by atoms with Gasteiger partial charge in [-0.2, -0.15) is 14.9 Å². The number of ether oxygens (including phenoxy) is 2. The average Bonchev–Trinajstić information content (AvgIpc) is 2.77. The Bertz CT molecular complexity index is 675. The van der Waals surface area contributed by atoms with E-state index in [4.69, 9.17) is 21.7 Å². The van der Waals surface area contributed by atoms with Crippen molar-refractivity contribution in [2.24, 2.45) is 5.10 Å². The Morgan fingerprint density at radius 2 is 2.25 bits per heavy atom. The van der Waals surface area contributed by atoms with E-state index in [0.717, 1.165) is 5.56 Å². The van der Waals surface area contributed by atoms with Crippen LogP contribution in [-0.4, -0.2) is 34.8 Å². The quantitative estimate of drug-likeness (QED) is 0.679. The zero-order valence-electron chi connectivity index (χ0n) is 11.6. The van der Waals surface area contributed by atoms with Gasteiger partial charge in [-0.05, 0) is 49.8 Å². The van der Waals surface area contributed by atoms with E-state index in [1.54, 1.807) is 18.0 Å². The third-order valence-corrected chi connectivity index (χ3v) is 2.89. The van der Waals surface area contributed by atoms with Crippen LogP contribution in [0.25, 0.3) is 0 Å². The van der Waals surface area contributed by atoms with Crippen molar-refractivity contribution in [1.82, 2.24) is 14.9 Å². The van der Waals surface area contributed by atoms with Gasteiger partial charge in [0.2, 0.25) is 4.77 Å². The summed E-state index contributed by atoms with van der Waals surface area (Å²) in [6.45, 7) is 4.34. The van der Waals surface area contributed by atoms with E-state index in [-0.39, 0.29) is 0 Å². The third kappa shape index (κ3) is 3.05. The van der Waals surface area contributed by atoms with Crippen LogP contribution < -0.4 is 9.47 Å². The molecule has 6 nitrogen and oxygen atoms in total. The topological polar surface area (TPSA) is 64.4 Å². The Kier molecular flexibility index (Phi) is 4.52. The predicted octanol–water partition coefficient (Wildman–Crippen LogP) is 2.54. The van der Waals surface area contributed by atoms with Crippen LogP contribution in [0.5, 0.6) is 11.5 Å². The van der Waals surface area contributed by atoms with Gasteiger partial charge >= 0.3 is 0 Å². The summed E-state index contributed by atoms with van der Waals surface area (Å²) in [7, 11) is 1.61. The van der Waals surface area contributed by atoms with Gasteiger partial charge in [0.05, 0.1) is 19.9 Å². The Hall–Kier alpha value is -2.15. The van der Waals surface area contributed by atoms with Crippen molar-refractivity contribution in [3.8, 4) is 11.5 Å². The summed E-state index contributed by atoms with van der Waals surface area (Å²) in [5, 5.41) is 11.0. The second-order valence-corrected chi connectivity index (χ2v) is 4.36. The van der Waals surface area contributed by atoms with Gasteiger partial charge < -0.3 is 9.47 Å². The Morgan fingerprint density at radius 1 is 1.45 bits per heavy atom. The first kappa shape index (κ1) is 14.3. The van der Waals surface area contributed by atoms with E-state index in [2.05, 4.69) is 15.3 Å². The van der Waals surface area contributed by atoms with Crippen LogP contribution in [0.1, 0.15) is 18.3 Å². The molecule has 0 aliphatic carbocycles. The fourth-order valence-electron chi connectivity index (χ4n) is 1.67. The highest BCUT2D eigenvalue weighted by molar-refractivity contribution is 7.71. The second-order valence-electron chi connectivity index (χ2n) is 3.98. The molecule has 0 atom stereocenters. The molecule has 0 amide bonds. The molecule has 1 N–H and O–H groups in total. The zero-order chi connectivity index (χ0) is 14.5. The normalized spacial score (nSPS) is 10.9. The largest absolute Gasteiger partial charge is 0.493 e. The van der Waals surface area contributed by atoms with E-state index in [0.29, 0.717) is 28.7 Å². The number of nitrogens with one attached hydrogen (secondary N) is 1. The Labute approximate surface area is 122 Å². The molecule has 0 bridgehead atoms. The van der Waals surface area contributed by atoms with Crippen LogP contribution in [0.15, 0.2) is 23.3 Å². The molecule has 1 heterocycles. The number of aromatic nitrogens is 3. The number of aromatic amines is 1. The van der Waals surface area contributed by atoms with E-state index in [9.17, 15) is 0 Å². The molecule has 0 saturated heterocycles. The number of nitrogens with zero attached hydrogens (tertiary/aromatic N) is 3. The van der Waals surface area contributed by atoms with Crippen LogP contribution >= 0.6 is 12.2 Å². The molecular weight excluding hydrogens is 276 g/mol. The smallest absolute Gasteiger partial charge is 0.216 e. The van der Waals surface area contributed by atoms with Gasteiger partial charge in [0.25, 0.3) is 0 Å². The number of H-pyrrole nitrogens is 1. The molecule has 0 fully saturated rings.